The van der Waals surface area contributed by atoms with E-state index in [0.717, 1.165) is 31.5 Å². The van der Waals surface area contributed by atoms with Crippen LogP contribution in [0.15, 0.2) is 42.5 Å². The number of aryl methyl sites for hydroxylation is 1. The predicted octanol–water partition coefficient (Wildman–Crippen LogP) is 3.34. The molecule has 2 heteroatoms. The number of anilines is 1. The van der Waals surface area contributed by atoms with Gasteiger partial charge in [-0.3, -0.25) is 0 Å². The number of hydrogen-bond acceptors (Lipinski definition) is 2. The zero-order chi connectivity index (χ0) is 12.4. The van der Waals surface area contributed by atoms with Crippen molar-refractivity contribution in [2.24, 2.45) is 0 Å². The van der Waals surface area contributed by atoms with Crippen LogP contribution in [0.4, 0.5) is 5.69 Å². The molecule has 92 valence electrons. The van der Waals surface area contributed by atoms with Gasteiger partial charge in [0.15, 0.2) is 0 Å². The highest BCUT2D eigenvalue weighted by molar-refractivity contribution is 5.64. The molecule has 0 bridgehead atoms. The highest BCUT2D eigenvalue weighted by Gasteiger charge is 2.13. The van der Waals surface area contributed by atoms with Gasteiger partial charge in [-0.25, -0.2) is 0 Å². The molecule has 1 heterocycles. The SMILES string of the molecule is Oc1cc(Cc2ccccc2)cc2c1NCCC2. The van der Waals surface area contributed by atoms with Crippen molar-refractivity contribution in [3.8, 4) is 5.75 Å². The molecule has 2 aromatic rings. The maximum absolute atomic E-state index is 10.1. The van der Waals surface area contributed by atoms with E-state index in [1.807, 2.05) is 12.1 Å². The Balaban J connectivity index is 1.91. The first kappa shape index (κ1) is 11.1. The first-order chi connectivity index (χ1) is 8.83. The molecule has 0 saturated carbocycles. The molecule has 0 spiro atoms. The molecule has 2 nitrogen and oxygen atoms in total. The lowest BCUT2D eigenvalue weighted by molar-refractivity contribution is 0.475. The summed E-state index contributed by atoms with van der Waals surface area (Å²) in [5, 5.41) is 13.3. The van der Waals surface area contributed by atoms with Crippen LogP contribution in [0.1, 0.15) is 23.1 Å². The fraction of sp³-hybridized carbons (Fsp3) is 0.250. The summed E-state index contributed by atoms with van der Waals surface area (Å²) in [5.41, 5.74) is 4.63. The average Bonchev–Trinajstić information content (AvgIpc) is 2.40. The molecule has 0 saturated heterocycles. The van der Waals surface area contributed by atoms with Crippen LogP contribution in [-0.2, 0) is 12.8 Å². The van der Waals surface area contributed by atoms with Crippen LogP contribution in [0, 0.1) is 0 Å². The van der Waals surface area contributed by atoms with Crippen LogP contribution >= 0.6 is 0 Å². The topological polar surface area (TPSA) is 32.3 Å². The van der Waals surface area contributed by atoms with Gasteiger partial charge >= 0.3 is 0 Å². The van der Waals surface area contributed by atoms with Crippen molar-refractivity contribution in [2.45, 2.75) is 19.3 Å². The zero-order valence-electron chi connectivity index (χ0n) is 10.3. The van der Waals surface area contributed by atoms with Gasteiger partial charge in [0.25, 0.3) is 0 Å². The van der Waals surface area contributed by atoms with E-state index in [0.29, 0.717) is 5.75 Å². The molecule has 0 aliphatic carbocycles. The highest BCUT2D eigenvalue weighted by Crippen LogP contribution is 2.33. The molecule has 1 aliphatic heterocycles. The third-order valence-electron chi connectivity index (χ3n) is 3.43. The Kier molecular flexibility index (Phi) is 2.93. The summed E-state index contributed by atoms with van der Waals surface area (Å²) < 4.78 is 0. The van der Waals surface area contributed by atoms with Crippen molar-refractivity contribution in [1.82, 2.24) is 0 Å². The molecule has 0 unspecified atom stereocenters. The van der Waals surface area contributed by atoms with Crippen LogP contribution in [-0.4, -0.2) is 11.7 Å². The number of aromatic hydroxyl groups is 1. The first-order valence-electron chi connectivity index (χ1n) is 6.45. The Bertz CT molecular complexity index is 549. The summed E-state index contributed by atoms with van der Waals surface area (Å²) in [4.78, 5) is 0. The Labute approximate surface area is 107 Å². The summed E-state index contributed by atoms with van der Waals surface area (Å²) in [6.45, 7) is 0.957. The summed E-state index contributed by atoms with van der Waals surface area (Å²) in [7, 11) is 0. The van der Waals surface area contributed by atoms with Gasteiger partial charge < -0.3 is 10.4 Å². The van der Waals surface area contributed by atoms with Gasteiger partial charge in [-0.2, -0.15) is 0 Å². The van der Waals surface area contributed by atoms with Gasteiger partial charge in [-0.05, 0) is 42.0 Å². The second-order valence-corrected chi connectivity index (χ2v) is 4.84. The van der Waals surface area contributed by atoms with Gasteiger partial charge in [-0.1, -0.05) is 36.4 Å². The molecule has 0 radical (unpaired) electrons. The third kappa shape index (κ3) is 2.19. The number of rotatable bonds is 2. The molecule has 0 fully saturated rings. The minimum atomic E-state index is 0.387. The van der Waals surface area contributed by atoms with Gasteiger partial charge in [0, 0.05) is 6.54 Å². The van der Waals surface area contributed by atoms with Gasteiger partial charge in [0.1, 0.15) is 5.75 Å². The van der Waals surface area contributed by atoms with Crippen molar-refractivity contribution >= 4 is 5.69 Å². The zero-order valence-corrected chi connectivity index (χ0v) is 10.3. The van der Waals surface area contributed by atoms with E-state index >= 15 is 0 Å². The molecule has 18 heavy (non-hydrogen) atoms. The quantitative estimate of drug-likeness (QED) is 0.788. The highest BCUT2D eigenvalue weighted by atomic mass is 16.3. The normalized spacial score (nSPS) is 13.8. The van der Waals surface area contributed by atoms with E-state index in [1.165, 1.54) is 16.7 Å². The van der Waals surface area contributed by atoms with E-state index in [9.17, 15) is 5.11 Å². The smallest absolute Gasteiger partial charge is 0.139 e. The third-order valence-corrected chi connectivity index (χ3v) is 3.43. The van der Waals surface area contributed by atoms with E-state index < -0.39 is 0 Å². The Morgan fingerprint density at radius 2 is 1.89 bits per heavy atom. The van der Waals surface area contributed by atoms with E-state index in [1.54, 1.807) is 0 Å². The van der Waals surface area contributed by atoms with Gasteiger partial charge in [0.05, 0.1) is 5.69 Å². The van der Waals surface area contributed by atoms with Crippen LogP contribution in [0.25, 0.3) is 0 Å². The number of hydrogen-bond donors (Lipinski definition) is 2. The number of fused-ring (bicyclic) bond motifs is 1. The molecule has 3 rings (SSSR count). The van der Waals surface area contributed by atoms with Crippen molar-refractivity contribution in [3.05, 3.63) is 59.2 Å². The van der Waals surface area contributed by atoms with Gasteiger partial charge in [0.2, 0.25) is 0 Å². The maximum Gasteiger partial charge on any atom is 0.139 e. The first-order valence-corrected chi connectivity index (χ1v) is 6.45. The molecule has 0 amide bonds. The van der Waals surface area contributed by atoms with E-state index in [4.69, 9.17) is 0 Å². The fourth-order valence-electron chi connectivity index (χ4n) is 2.58. The lowest BCUT2D eigenvalue weighted by atomic mass is 9.97. The second-order valence-electron chi connectivity index (χ2n) is 4.84. The van der Waals surface area contributed by atoms with Gasteiger partial charge in [-0.15, -0.1) is 0 Å². The van der Waals surface area contributed by atoms with Crippen molar-refractivity contribution < 1.29 is 5.11 Å². The largest absolute Gasteiger partial charge is 0.506 e. The molecule has 0 aromatic heterocycles. The Morgan fingerprint density at radius 3 is 2.72 bits per heavy atom. The second kappa shape index (κ2) is 4.73. The summed E-state index contributed by atoms with van der Waals surface area (Å²) in [6.07, 6.45) is 3.07. The average molecular weight is 239 g/mol. The number of phenols is 1. The van der Waals surface area contributed by atoms with E-state index in [2.05, 4.69) is 35.6 Å². The van der Waals surface area contributed by atoms with Crippen molar-refractivity contribution in [3.63, 3.8) is 0 Å². The minimum absolute atomic E-state index is 0.387. The summed E-state index contributed by atoms with van der Waals surface area (Å²) >= 11 is 0. The number of phenolic OH excluding ortho intramolecular Hbond substituents is 1. The molecule has 0 atom stereocenters. The molecule has 2 N–H and O–H groups in total. The lowest BCUT2D eigenvalue weighted by Crippen LogP contribution is -2.12. The van der Waals surface area contributed by atoms with Crippen molar-refractivity contribution in [2.75, 3.05) is 11.9 Å². The van der Waals surface area contributed by atoms with Crippen LogP contribution < -0.4 is 5.32 Å². The van der Waals surface area contributed by atoms with Crippen LogP contribution in [0.2, 0.25) is 0 Å². The molecule has 1 aliphatic rings. The number of nitrogens with one attached hydrogen (secondary N) is 1. The fourth-order valence-corrected chi connectivity index (χ4v) is 2.58. The summed E-state index contributed by atoms with van der Waals surface area (Å²) in [5.74, 6) is 0.387. The Hall–Kier alpha value is -1.96. The molecule has 2 aromatic carbocycles. The monoisotopic (exact) mass is 239 g/mol. The maximum atomic E-state index is 10.1. The summed E-state index contributed by atoms with van der Waals surface area (Å²) in [6, 6.07) is 14.5. The predicted molar refractivity (Wildman–Crippen MR) is 74.2 cm³/mol. The van der Waals surface area contributed by atoms with Crippen molar-refractivity contribution in [1.29, 1.82) is 0 Å². The molecular formula is C16H17NO. The van der Waals surface area contributed by atoms with E-state index in [-0.39, 0.29) is 0 Å². The lowest BCUT2D eigenvalue weighted by Gasteiger charge is -2.20. The Morgan fingerprint density at radius 1 is 1.06 bits per heavy atom. The van der Waals surface area contributed by atoms with Crippen LogP contribution in [0.3, 0.4) is 0 Å². The standard InChI is InChI=1S/C16H17NO/c18-15-11-13(9-12-5-2-1-3-6-12)10-14-7-4-8-17-16(14)15/h1-3,5-6,10-11,17-18H,4,7-9H2. The minimum Gasteiger partial charge on any atom is -0.506 e. The number of benzene rings is 2. The molecular weight excluding hydrogens is 222 g/mol. The van der Waals surface area contributed by atoms with Crippen LogP contribution in [0.5, 0.6) is 5.75 Å².